The van der Waals surface area contributed by atoms with Gasteiger partial charge in [0, 0.05) is 11.7 Å². The van der Waals surface area contributed by atoms with Crippen LogP contribution in [0, 0.1) is 0 Å². The molecule has 0 fully saturated rings. The summed E-state index contributed by atoms with van der Waals surface area (Å²) in [5, 5.41) is 1.28. The van der Waals surface area contributed by atoms with Crippen molar-refractivity contribution in [2.24, 2.45) is 0 Å². The predicted octanol–water partition coefficient (Wildman–Crippen LogP) is 2.70. The fourth-order valence-electron chi connectivity index (χ4n) is 0.995. The van der Waals surface area contributed by atoms with Gasteiger partial charge in [-0.2, -0.15) is 0 Å². The predicted molar refractivity (Wildman–Crippen MR) is 46.7 cm³/mol. The number of H-pyrrole nitrogens is 1. The van der Waals surface area contributed by atoms with E-state index in [1.165, 1.54) is 10.9 Å². The molecule has 0 saturated heterocycles. The van der Waals surface area contributed by atoms with Crippen LogP contribution in [0.3, 0.4) is 0 Å². The van der Waals surface area contributed by atoms with E-state index in [9.17, 15) is 0 Å². The fourth-order valence-corrected chi connectivity index (χ4v) is 0.995. The molecule has 2 heteroatoms. The number of halogens is 1. The topological polar surface area (TPSA) is 15.8 Å². The molecule has 0 unspecified atom stereocenters. The van der Waals surface area contributed by atoms with Crippen LogP contribution in [0.5, 0.6) is 0 Å². The van der Waals surface area contributed by atoms with Crippen LogP contribution in [0.2, 0.25) is 0 Å². The molecule has 0 saturated carbocycles. The summed E-state index contributed by atoms with van der Waals surface area (Å²) in [6.07, 6.45) is 1.95. The molecule has 52 valence electrons. The third-order valence-corrected chi connectivity index (χ3v) is 1.46. The monoisotopic (exact) mass is 154 g/mol. The minimum Gasteiger partial charge on any atom is -0.361 e. The van der Waals surface area contributed by atoms with Crippen molar-refractivity contribution in [1.82, 2.24) is 4.98 Å². The number of benzene rings is 1. The lowest BCUT2D eigenvalue weighted by molar-refractivity contribution is 1.48. The van der Waals surface area contributed by atoms with Crippen LogP contribution in [-0.2, 0) is 0 Å². The molecule has 1 aromatic carbocycles. The zero-order valence-corrected chi connectivity index (χ0v) is 6.19. The summed E-state index contributed by atoms with van der Waals surface area (Å²) in [4.78, 5) is 3.12. The van der Waals surface area contributed by atoms with Gasteiger partial charge in [0.1, 0.15) is 0 Å². The molecule has 1 N–H and O–H groups in total. The van der Waals surface area contributed by atoms with Crippen molar-refractivity contribution in [2.45, 2.75) is 0 Å². The Kier molecular flexibility index (Phi) is 1.97. The fraction of sp³-hybridized carbons (Fsp3) is 0. The van der Waals surface area contributed by atoms with Gasteiger partial charge in [0.15, 0.2) is 0 Å². The van der Waals surface area contributed by atoms with Crippen LogP contribution >= 0.6 is 12.4 Å². The molecule has 0 spiro atoms. The maximum absolute atomic E-state index is 3.12. The first kappa shape index (κ1) is 7.16. The number of fused-ring (bicyclic) bond motifs is 1. The van der Waals surface area contributed by atoms with Crippen LogP contribution in [-0.4, -0.2) is 4.98 Å². The Morgan fingerprint density at radius 3 is 2.70 bits per heavy atom. The summed E-state index contributed by atoms with van der Waals surface area (Å²) in [6.45, 7) is 0. The first-order chi connectivity index (χ1) is 4.47. The number of nitrogens with one attached hydrogen (secondary N) is 1. The second-order valence-corrected chi connectivity index (χ2v) is 2.06. The molecule has 1 heterocycles. The second-order valence-electron chi connectivity index (χ2n) is 2.06. The number of aromatic amines is 1. The van der Waals surface area contributed by atoms with Crippen molar-refractivity contribution in [3.63, 3.8) is 0 Å². The highest BCUT2D eigenvalue weighted by Gasteiger charge is 1.86. The third-order valence-electron chi connectivity index (χ3n) is 1.46. The highest BCUT2D eigenvalue weighted by Crippen LogP contribution is 2.09. The lowest BCUT2D eigenvalue weighted by Crippen LogP contribution is -1.61. The summed E-state index contributed by atoms with van der Waals surface area (Å²) in [5.41, 5.74) is 1.21. The molecule has 0 bridgehead atoms. The Bertz CT molecular complexity index is 288. The largest absolute Gasteiger partial charge is 1.00 e. The summed E-state index contributed by atoms with van der Waals surface area (Å²) >= 11 is 0. The van der Waals surface area contributed by atoms with E-state index in [0.29, 0.717) is 0 Å². The van der Waals surface area contributed by atoms with E-state index >= 15 is 0 Å². The molecule has 0 amide bonds. The van der Waals surface area contributed by atoms with Crippen molar-refractivity contribution in [1.29, 1.82) is 0 Å². The van der Waals surface area contributed by atoms with Gasteiger partial charge in [-0.1, -0.05) is 18.2 Å². The average molecular weight is 155 g/mol. The quantitative estimate of drug-likeness (QED) is 0.601. The number of aromatic nitrogens is 1. The molecular formula is C8H9ClN+. The molecule has 0 aliphatic heterocycles. The van der Waals surface area contributed by atoms with Crippen LogP contribution in [0.4, 0.5) is 0 Å². The van der Waals surface area contributed by atoms with Gasteiger partial charge in [-0.25, -0.2) is 0 Å². The molecule has 2 rings (SSSR count). The van der Waals surface area contributed by atoms with Gasteiger partial charge >= 0.3 is 1.43 Å². The van der Waals surface area contributed by atoms with E-state index in [2.05, 4.69) is 23.2 Å². The lowest BCUT2D eigenvalue weighted by Gasteiger charge is -1.83. The highest BCUT2D eigenvalue weighted by molar-refractivity contribution is 5.85. The van der Waals surface area contributed by atoms with E-state index in [1.54, 1.807) is 0 Å². The van der Waals surface area contributed by atoms with E-state index in [0.717, 1.165) is 0 Å². The molecule has 1 nitrogen and oxygen atoms in total. The Balaban J connectivity index is 0.000000500. The van der Waals surface area contributed by atoms with Crippen molar-refractivity contribution >= 4 is 23.3 Å². The minimum atomic E-state index is 0. The van der Waals surface area contributed by atoms with E-state index < -0.39 is 0 Å². The highest BCUT2D eigenvalue weighted by atomic mass is 35.5. The van der Waals surface area contributed by atoms with Crippen molar-refractivity contribution < 1.29 is 1.43 Å². The standard InChI is InChI=1S/C8H7N.ClH/c1-2-4-8-7(3-1)5-6-9-8;/h1-6,9H;1H/p+1. The molecule has 10 heavy (non-hydrogen) atoms. The van der Waals surface area contributed by atoms with Crippen LogP contribution in [0.25, 0.3) is 10.9 Å². The minimum absolute atomic E-state index is 0. The number of rotatable bonds is 0. The summed E-state index contributed by atoms with van der Waals surface area (Å²) < 4.78 is 0. The van der Waals surface area contributed by atoms with Gasteiger partial charge in [0.05, 0.1) is 0 Å². The molecule has 0 radical (unpaired) electrons. The maximum atomic E-state index is 3.12. The van der Waals surface area contributed by atoms with E-state index in [4.69, 9.17) is 0 Å². The van der Waals surface area contributed by atoms with Crippen molar-refractivity contribution in [3.05, 3.63) is 36.5 Å². The first-order valence-electron chi connectivity index (χ1n) is 2.99. The molecular weight excluding hydrogens is 146 g/mol. The number of hydrogen-bond donors (Lipinski definition) is 1. The van der Waals surface area contributed by atoms with Crippen molar-refractivity contribution in [3.8, 4) is 0 Å². The maximum Gasteiger partial charge on any atom is 1.00 e. The SMILES string of the molecule is Cl.[H+].c1ccc2[nH]ccc2c1. The smallest absolute Gasteiger partial charge is 0.361 e. The molecule has 0 aliphatic rings. The van der Waals surface area contributed by atoms with Crippen LogP contribution in [0.1, 0.15) is 1.43 Å². The average Bonchev–Trinajstić information content (AvgIpc) is 2.33. The van der Waals surface area contributed by atoms with Gasteiger partial charge in [0.25, 0.3) is 0 Å². The van der Waals surface area contributed by atoms with E-state index in [-0.39, 0.29) is 13.8 Å². The van der Waals surface area contributed by atoms with Crippen LogP contribution in [0.15, 0.2) is 36.5 Å². The molecule has 0 atom stereocenters. The summed E-state index contributed by atoms with van der Waals surface area (Å²) in [6, 6.07) is 10.3. The van der Waals surface area contributed by atoms with Gasteiger partial charge in [0.2, 0.25) is 0 Å². The first-order valence-corrected chi connectivity index (χ1v) is 2.99. The molecule has 0 aliphatic carbocycles. The zero-order valence-electron chi connectivity index (χ0n) is 6.37. The van der Waals surface area contributed by atoms with Crippen LogP contribution < -0.4 is 0 Å². The Morgan fingerprint density at radius 2 is 1.90 bits per heavy atom. The zero-order chi connectivity index (χ0) is 6.10. The molecule has 1 aromatic heterocycles. The Labute approximate surface area is 67.0 Å². The second kappa shape index (κ2) is 2.76. The lowest BCUT2D eigenvalue weighted by atomic mass is 10.3. The van der Waals surface area contributed by atoms with Gasteiger partial charge in [-0.05, 0) is 17.5 Å². The van der Waals surface area contributed by atoms with Gasteiger partial charge in [-0.3, -0.25) is 0 Å². The third kappa shape index (κ3) is 1.00. The summed E-state index contributed by atoms with van der Waals surface area (Å²) in [5.74, 6) is 0. The summed E-state index contributed by atoms with van der Waals surface area (Å²) in [7, 11) is 0. The Morgan fingerprint density at radius 1 is 1.10 bits per heavy atom. The number of para-hydroxylation sites is 1. The molecule has 2 aromatic rings. The Hall–Kier alpha value is -0.950. The number of hydrogen-bond acceptors (Lipinski definition) is 0. The van der Waals surface area contributed by atoms with Gasteiger partial charge in [-0.15, -0.1) is 12.4 Å². The van der Waals surface area contributed by atoms with Crippen molar-refractivity contribution in [2.75, 3.05) is 0 Å². The normalized spacial score (nSPS) is 9.20. The van der Waals surface area contributed by atoms with E-state index in [1.807, 2.05) is 18.3 Å². The van der Waals surface area contributed by atoms with Gasteiger partial charge < -0.3 is 4.98 Å².